The summed E-state index contributed by atoms with van der Waals surface area (Å²) in [5, 5.41) is 15.5. The van der Waals surface area contributed by atoms with E-state index in [1.807, 2.05) is 61.6 Å². The van der Waals surface area contributed by atoms with E-state index >= 15 is 0 Å². The van der Waals surface area contributed by atoms with Crippen LogP contribution in [0.15, 0.2) is 60.8 Å². The molecule has 0 bridgehead atoms. The zero-order valence-corrected chi connectivity index (χ0v) is 19.8. The van der Waals surface area contributed by atoms with Crippen molar-refractivity contribution in [3.63, 3.8) is 0 Å². The number of hydrogen-bond acceptors (Lipinski definition) is 8. The Morgan fingerprint density at radius 3 is 2.66 bits per heavy atom. The van der Waals surface area contributed by atoms with Gasteiger partial charge in [-0.3, -0.25) is 5.10 Å². The fraction of sp³-hybridized carbons (Fsp3) is 0.192. The van der Waals surface area contributed by atoms with Crippen molar-refractivity contribution >= 4 is 39.0 Å². The van der Waals surface area contributed by atoms with E-state index < -0.39 is 0 Å². The second kappa shape index (κ2) is 9.86. The van der Waals surface area contributed by atoms with E-state index in [1.54, 1.807) is 20.4 Å². The van der Waals surface area contributed by atoms with Gasteiger partial charge in [-0.25, -0.2) is 9.97 Å². The molecule has 9 heteroatoms. The van der Waals surface area contributed by atoms with E-state index in [0.717, 1.165) is 38.7 Å². The summed E-state index contributed by atoms with van der Waals surface area (Å²) in [6.07, 6.45) is 1.79. The van der Waals surface area contributed by atoms with Gasteiger partial charge in [0.05, 0.1) is 30.9 Å². The summed E-state index contributed by atoms with van der Waals surface area (Å²) in [7, 11) is 5.13. The zero-order valence-electron chi connectivity index (χ0n) is 19.8. The van der Waals surface area contributed by atoms with Crippen LogP contribution in [0.5, 0.6) is 11.5 Å². The van der Waals surface area contributed by atoms with Crippen molar-refractivity contribution in [1.29, 1.82) is 0 Å². The number of hydrogen-bond donors (Lipinski definition) is 3. The number of rotatable bonds is 9. The fourth-order valence-corrected chi connectivity index (χ4v) is 3.84. The van der Waals surface area contributed by atoms with E-state index in [1.165, 1.54) is 0 Å². The Morgan fingerprint density at radius 1 is 0.914 bits per heavy atom. The van der Waals surface area contributed by atoms with Gasteiger partial charge in [0.1, 0.15) is 12.4 Å². The Balaban J connectivity index is 1.65. The van der Waals surface area contributed by atoms with Crippen LogP contribution in [-0.4, -0.2) is 54.6 Å². The molecule has 0 atom stereocenters. The molecule has 0 unspecified atom stereocenters. The van der Waals surface area contributed by atoms with Gasteiger partial charge < -0.3 is 24.8 Å². The molecule has 35 heavy (non-hydrogen) atoms. The van der Waals surface area contributed by atoms with Gasteiger partial charge in [-0.05, 0) is 36.4 Å². The molecule has 3 aromatic carbocycles. The van der Waals surface area contributed by atoms with Crippen molar-refractivity contribution in [1.82, 2.24) is 20.2 Å². The van der Waals surface area contributed by atoms with Gasteiger partial charge in [-0.1, -0.05) is 12.1 Å². The maximum atomic E-state index is 5.92. The van der Waals surface area contributed by atoms with E-state index in [2.05, 4.69) is 20.8 Å². The minimum atomic E-state index is 0.397. The van der Waals surface area contributed by atoms with Crippen LogP contribution in [0.25, 0.3) is 33.2 Å². The molecule has 5 aromatic rings. The highest BCUT2D eigenvalue weighted by atomic mass is 16.5. The van der Waals surface area contributed by atoms with E-state index in [9.17, 15) is 0 Å². The molecule has 178 valence electrons. The summed E-state index contributed by atoms with van der Waals surface area (Å²) in [4.78, 5) is 9.76. The topological polar surface area (TPSA) is 106 Å². The van der Waals surface area contributed by atoms with Crippen LogP contribution in [0.2, 0.25) is 0 Å². The first-order valence-electron chi connectivity index (χ1n) is 11.2. The van der Waals surface area contributed by atoms with Crippen molar-refractivity contribution in [2.24, 2.45) is 0 Å². The number of nitrogens with one attached hydrogen (secondary N) is 3. The number of aromatic nitrogens is 4. The lowest BCUT2D eigenvalue weighted by Crippen LogP contribution is -2.06. The summed E-state index contributed by atoms with van der Waals surface area (Å²) in [6, 6.07) is 17.7. The third kappa shape index (κ3) is 4.67. The summed E-state index contributed by atoms with van der Waals surface area (Å²) < 4.78 is 16.6. The molecule has 2 aromatic heterocycles. The molecule has 0 amide bonds. The van der Waals surface area contributed by atoms with Gasteiger partial charge in [0.15, 0.2) is 17.3 Å². The Morgan fingerprint density at radius 2 is 1.83 bits per heavy atom. The Bertz CT molecular complexity index is 1480. The molecule has 0 fully saturated rings. The molecule has 0 saturated carbocycles. The lowest BCUT2D eigenvalue weighted by atomic mass is 10.1. The number of anilines is 3. The van der Waals surface area contributed by atoms with E-state index in [4.69, 9.17) is 24.2 Å². The van der Waals surface area contributed by atoms with Gasteiger partial charge in [-0.2, -0.15) is 5.10 Å². The van der Waals surface area contributed by atoms with E-state index in [-0.39, 0.29) is 0 Å². The Hall–Kier alpha value is -4.37. The average Bonchev–Trinajstić information content (AvgIpc) is 3.36. The molecule has 0 radical (unpaired) electrons. The number of benzene rings is 3. The van der Waals surface area contributed by atoms with Gasteiger partial charge >= 0.3 is 0 Å². The molecule has 5 rings (SSSR count). The van der Waals surface area contributed by atoms with Crippen LogP contribution >= 0.6 is 0 Å². The van der Waals surface area contributed by atoms with Crippen LogP contribution < -0.4 is 20.1 Å². The lowest BCUT2D eigenvalue weighted by Gasteiger charge is -2.15. The first-order chi connectivity index (χ1) is 17.2. The average molecular weight is 471 g/mol. The van der Waals surface area contributed by atoms with Gasteiger partial charge in [0.2, 0.25) is 0 Å². The summed E-state index contributed by atoms with van der Waals surface area (Å²) in [5.74, 6) is 2.44. The maximum Gasteiger partial charge on any atom is 0.162 e. The largest absolute Gasteiger partial charge is 0.493 e. The standard InChI is InChI=1S/C26H26N6O3/c1-27-18-6-4-5-16(11-18)25-30-22-14-23(34-3)24(35-10-9-33-2)13-20(22)26(31-25)29-19-7-8-21-17(12-19)15-28-32-21/h4-8,11-15,27H,9-10H2,1-3H3,(H,28,32)(H,29,30,31). The Labute approximate surface area is 202 Å². The number of H-pyrrole nitrogens is 1. The predicted molar refractivity (Wildman–Crippen MR) is 138 cm³/mol. The third-order valence-corrected chi connectivity index (χ3v) is 5.64. The minimum Gasteiger partial charge on any atom is -0.493 e. The van der Waals surface area contributed by atoms with Crippen LogP contribution in [0.4, 0.5) is 17.2 Å². The highest BCUT2D eigenvalue weighted by molar-refractivity contribution is 5.95. The number of fused-ring (bicyclic) bond motifs is 2. The van der Waals surface area contributed by atoms with Crippen molar-refractivity contribution in [3.8, 4) is 22.9 Å². The zero-order chi connectivity index (χ0) is 24.2. The second-order valence-electron chi connectivity index (χ2n) is 7.89. The monoisotopic (exact) mass is 470 g/mol. The van der Waals surface area contributed by atoms with Crippen molar-refractivity contribution in [3.05, 3.63) is 60.8 Å². The molecule has 0 aliphatic heterocycles. The maximum absolute atomic E-state index is 5.92. The summed E-state index contributed by atoms with van der Waals surface area (Å²) in [6.45, 7) is 0.863. The smallest absolute Gasteiger partial charge is 0.162 e. The van der Waals surface area contributed by atoms with Gasteiger partial charge in [-0.15, -0.1) is 0 Å². The quantitative estimate of drug-likeness (QED) is 0.259. The first kappa shape index (κ1) is 22.4. The van der Waals surface area contributed by atoms with Crippen LogP contribution in [0.1, 0.15) is 0 Å². The predicted octanol–water partition coefficient (Wildman–Crippen LogP) is 4.99. The molecule has 0 spiro atoms. The van der Waals surface area contributed by atoms with Crippen molar-refractivity contribution in [2.45, 2.75) is 0 Å². The summed E-state index contributed by atoms with van der Waals surface area (Å²) >= 11 is 0. The normalized spacial score (nSPS) is 11.1. The first-order valence-corrected chi connectivity index (χ1v) is 11.2. The third-order valence-electron chi connectivity index (χ3n) is 5.64. The van der Waals surface area contributed by atoms with E-state index in [0.29, 0.717) is 36.4 Å². The highest BCUT2D eigenvalue weighted by Gasteiger charge is 2.16. The second-order valence-corrected chi connectivity index (χ2v) is 7.89. The number of nitrogens with zero attached hydrogens (tertiary/aromatic N) is 3. The van der Waals surface area contributed by atoms with Crippen LogP contribution in [-0.2, 0) is 4.74 Å². The van der Waals surface area contributed by atoms with Crippen LogP contribution in [0, 0.1) is 0 Å². The minimum absolute atomic E-state index is 0.397. The molecule has 3 N–H and O–H groups in total. The molecular formula is C26H26N6O3. The van der Waals surface area contributed by atoms with Crippen molar-refractivity contribution in [2.75, 3.05) is 45.1 Å². The lowest BCUT2D eigenvalue weighted by molar-refractivity contribution is 0.144. The number of aromatic amines is 1. The number of ether oxygens (including phenoxy) is 3. The number of methoxy groups -OCH3 is 2. The SMILES string of the molecule is CNc1cccc(-c2nc(Nc3ccc4[nH]ncc4c3)c3cc(OCCOC)c(OC)cc3n2)c1. The molecule has 9 nitrogen and oxygen atoms in total. The summed E-state index contributed by atoms with van der Waals surface area (Å²) in [5.41, 5.74) is 4.45. The molecular weight excluding hydrogens is 444 g/mol. The fourth-order valence-electron chi connectivity index (χ4n) is 3.84. The van der Waals surface area contributed by atoms with Gasteiger partial charge in [0, 0.05) is 47.9 Å². The van der Waals surface area contributed by atoms with Crippen LogP contribution in [0.3, 0.4) is 0 Å². The highest BCUT2D eigenvalue weighted by Crippen LogP contribution is 2.37. The Kier molecular flexibility index (Phi) is 6.32. The van der Waals surface area contributed by atoms with Crippen molar-refractivity contribution < 1.29 is 14.2 Å². The molecule has 0 aliphatic rings. The molecule has 2 heterocycles. The molecule has 0 aliphatic carbocycles. The molecule has 0 saturated heterocycles. The van der Waals surface area contributed by atoms with Gasteiger partial charge in [0.25, 0.3) is 0 Å².